The number of benzene rings is 2. The highest BCUT2D eigenvalue weighted by atomic mass is 19.1. The molecule has 0 spiro atoms. The third-order valence-corrected chi connectivity index (χ3v) is 10.3. The van der Waals surface area contributed by atoms with Crippen molar-refractivity contribution in [3.05, 3.63) is 83.7 Å². The zero-order valence-electron chi connectivity index (χ0n) is 33.2. The SMILES string of the molecule is CCC(CC(=O)NCCNC(=O)C1CCC(NC(=O)C(N)CCN(C(=O)CO)C(c2cc(-c3cc(F)ccc3F)cn2Cc2ccccc2)C(C)(C)C)C1)OC. The van der Waals surface area contributed by atoms with E-state index in [1.165, 1.54) is 4.90 Å². The maximum Gasteiger partial charge on any atom is 0.248 e. The Morgan fingerprint density at radius 1 is 1.04 bits per heavy atom. The van der Waals surface area contributed by atoms with Gasteiger partial charge in [-0.25, -0.2) is 8.78 Å². The lowest BCUT2D eigenvalue weighted by Crippen LogP contribution is -2.49. The van der Waals surface area contributed by atoms with E-state index in [9.17, 15) is 28.7 Å². The van der Waals surface area contributed by atoms with Gasteiger partial charge in [0.15, 0.2) is 0 Å². The van der Waals surface area contributed by atoms with Crippen molar-refractivity contribution in [2.75, 3.05) is 33.4 Å². The lowest BCUT2D eigenvalue weighted by Gasteiger charge is -2.41. The Morgan fingerprint density at radius 3 is 2.41 bits per heavy atom. The molecular formula is C42H58F2N6O6. The molecule has 1 fully saturated rings. The van der Waals surface area contributed by atoms with E-state index in [4.69, 9.17) is 10.5 Å². The molecule has 0 aliphatic heterocycles. The maximum atomic E-state index is 15.1. The molecule has 5 atom stereocenters. The van der Waals surface area contributed by atoms with Gasteiger partial charge in [0, 0.05) is 68.3 Å². The molecule has 56 heavy (non-hydrogen) atoms. The lowest BCUT2D eigenvalue weighted by molar-refractivity contribution is -0.140. The summed E-state index contributed by atoms with van der Waals surface area (Å²) in [6.45, 7) is 7.95. The number of nitrogens with two attached hydrogens (primary N) is 1. The zero-order chi connectivity index (χ0) is 41.0. The van der Waals surface area contributed by atoms with Crippen molar-refractivity contribution in [3.63, 3.8) is 0 Å². The number of nitrogens with one attached hydrogen (secondary N) is 3. The first-order chi connectivity index (χ1) is 26.6. The number of hydrogen-bond acceptors (Lipinski definition) is 7. The first kappa shape index (κ1) is 44.1. The fourth-order valence-corrected chi connectivity index (χ4v) is 7.37. The van der Waals surface area contributed by atoms with E-state index in [2.05, 4.69) is 16.0 Å². The summed E-state index contributed by atoms with van der Waals surface area (Å²) in [5.74, 6) is -2.76. The molecule has 1 heterocycles. The molecule has 0 saturated heterocycles. The van der Waals surface area contributed by atoms with Crippen molar-refractivity contribution < 1.29 is 37.8 Å². The third kappa shape index (κ3) is 12.2. The van der Waals surface area contributed by atoms with Gasteiger partial charge in [0.25, 0.3) is 0 Å². The third-order valence-electron chi connectivity index (χ3n) is 10.3. The van der Waals surface area contributed by atoms with Gasteiger partial charge < -0.3 is 41.0 Å². The number of halogens is 2. The molecule has 12 nitrogen and oxygen atoms in total. The molecular weight excluding hydrogens is 722 g/mol. The van der Waals surface area contributed by atoms with E-state index in [0.29, 0.717) is 43.6 Å². The van der Waals surface area contributed by atoms with Gasteiger partial charge in [0.05, 0.1) is 24.6 Å². The highest BCUT2D eigenvalue weighted by molar-refractivity contribution is 5.83. The Balaban J connectivity index is 1.43. The molecule has 4 amide bonds. The second-order valence-electron chi connectivity index (χ2n) is 15.6. The number of ether oxygens (including phenoxy) is 1. The van der Waals surface area contributed by atoms with E-state index < -0.39 is 47.6 Å². The van der Waals surface area contributed by atoms with Crippen LogP contribution in [0, 0.1) is 23.0 Å². The Morgan fingerprint density at radius 2 is 1.75 bits per heavy atom. The van der Waals surface area contributed by atoms with E-state index in [1.807, 2.05) is 62.6 Å². The minimum absolute atomic E-state index is 0.0207. The number of carbonyl (C=O) groups excluding carboxylic acids is 4. The van der Waals surface area contributed by atoms with Crippen LogP contribution < -0.4 is 21.7 Å². The van der Waals surface area contributed by atoms with Crippen molar-refractivity contribution in [2.24, 2.45) is 17.1 Å². The van der Waals surface area contributed by atoms with Crippen LogP contribution >= 0.6 is 0 Å². The average Bonchev–Trinajstić information content (AvgIpc) is 3.81. The predicted octanol–water partition coefficient (Wildman–Crippen LogP) is 4.44. The number of aromatic nitrogens is 1. The van der Waals surface area contributed by atoms with Gasteiger partial charge in [0.1, 0.15) is 18.2 Å². The molecule has 4 rings (SSSR count). The van der Waals surface area contributed by atoms with Gasteiger partial charge in [0.2, 0.25) is 23.6 Å². The topological polar surface area (TPSA) is 168 Å². The monoisotopic (exact) mass is 780 g/mol. The first-order valence-electron chi connectivity index (χ1n) is 19.4. The molecule has 1 saturated carbocycles. The van der Waals surface area contributed by atoms with E-state index >= 15 is 4.39 Å². The molecule has 14 heteroatoms. The summed E-state index contributed by atoms with van der Waals surface area (Å²) in [5, 5.41) is 18.7. The number of aliphatic hydroxyl groups excluding tert-OH is 1. The second kappa shape index (κ2) is 20.5. The van der Waals surface area contributed by atoms with Crippen LogP contribution in [0.3, 0.4) is 0 Å². The van der Waals surface area contributed by atoms with Crippen molar-refractivity contribution in [1.29, 1.82) is 0 Å². The lowest BCUT2D eigenvalue weighted by atomic mass is 9.82. The van der Waals surface area contributed by atoms with Crippen molar-refractivity contribution in [1.82, 2.24) is 25.4 Å². The van der Waals surface area contributed by atoms with Crippen LogP contribution in [-0.2, 0) is 30.5 Å². The van der Waals surface area contributed by atoms with Crippen molar-refractivity contribution in [3.8, 4) is 11.1 Å². The Bertz CT molecular complexity index is 1780. The van der Waals surface area contributed by atoms with Gasteiger partial charge in [-0.2, -0.15) is 0 Å². The number of amides is 4. The van der Waals surface area contributed by atoms with E-state index in [-0.39, 0.29) is 61.4 Å². The Hall–Kier alpha value is -4.66. The zero-order valence-corrected chi connectivity index (χ0v) is 33.2. The number of rotatable bonds is 19. The van der Waals surface area contributed by atoms with Crippen LogP contribution in [0.2, 0.25) is 0 Å². The summed E-state index contributed by atoms with van der Waals surface area (Å²) in [6, 6.07) is 12.7. The summed E-state index contributed by atoms with van der Waals surface area (Å²) in [6.07, 6.45) is 4.25. The number of nitrogens with zero attached hydrogens (tertiary/aromatic N) is 2. The summed E-state index contributed by atoms with van der Waals surface area (Å²) in [4.78, 5) is 53.3. The normalized spacial score (nSPS) is 17.2. The van der Waals surface area contributed by atoms with Crippen LogP contribution in [0.5, 0.6) is 0 Å². The second-order valence-corrected chi connectivity index (χ2v) is 15.6. The van der Waals surface area contributed by atoms with Crippen LogP contribution in [0.1, 0.15) is 83.5 Å². The molecule has 5 unspecified atom stereocenters. The number of aliphatic hydroxyl groups is 1. The molecule has 1 aliphatic rings. The first-order valence-corrected chi connectivity index (χ1v) is 19.4. The number of carbonyl (C=O) groups is 4. The van der Waals surface area contributed by atoms with Gasteiger partial charge in [-0.15, -0.1) is 0 Å². The quantitative estimate of drug-likeness (QED) is 0.112. The molecule has 0 bridgehead atoms. The molecule has 0 radical (unpaired) electrons. The Kier molecular flexibility index (Phi) is 16.1. The Labute approximate surface area is 328 Å². The smallest absolute Gasteiger partial charge is 0.248 e. The number of hydrogen-bond donors (Lipinski definition) is 5. The molecule has 6 N–H and O–H groups in total. The van der Waals surface area contributed by atoms with E-state index in [0.717, 1.165) is 30.2 Å². The minimum Gasteiger partial charge on any atom is -0.387 e. The molecule has 306 valence electrons. The average molecular weight is 781 g/mol. The summed E-state index contributed by atoms with van der Waals surface area (Å²) >= 11 is 0. The van der Waals surface area contributed by atoms with E-state index in [1.54, 1.807) is 19.4 Å². The van der Waals surface area contributed by atoms with Crippen LogP contribution in [0.25, 0.3) is 11.1 Å². The highest BCUT2D eigenvalue weighted by Crippen LogP contribution is 2.41. The summed E-state index contributed by atoms with van der Waals surface area (Å²) < 4.78 is 36.5. The minimum atomic E-state index is -1.00. The highest BCUT2D eigenvalue weighted by Gasteiger charge is 2.38. The fourth-order valence-electron chi connectivity index (χ4n) is 7.37. The van der Waals surface area contributed by atoms with Gasteiger partial charge in [-0.05, 0) is 67.3 Å². The standard InChI is InChI=1S/C42H58F2N6O6/c1-6-32(56-5)23-37(52)46-17-18-47-40(54)28-12-14-31(20-28)48-41(55)35(45)16-19-50(38(53)26-51)39(42(2,3)4)36-21-29(33-22-30(43)13-15-34(33)44)25-49(36)24-27-10-8-7-9-11-27/h7-11,13,15,21-22,25,28,31-32,35,39,51H,6,12,14,16-20,23-24,26,45H2,1-5H3,(H,46,52)(H,47,54)(H,48,55). The van der Waals surface area contributed by atoms with Crippen molar-refractivity contribution >= 4 is 23.6 Å². The van der Waals surface area contributed by atoms with Gasteiger partial charge in [-0.1, -0.05) is 58.0 Å². The summed E-state index contributed by atoms with van der Waals surface area (Å²) in [7, 11) is 1.57. The molecule has 3 aromatic rings. The molecule has 2 aromatic carbocycles. The predicted molar refractivity (Wildman–Crippen MR) is 210 cm³/mol. The molecule has 1 aliphatic carbocycles. The van der Waals surface area contributed by atoms with Gasteiger partial charge >= 0.3 is 0 Å². The number of methoxy groups -OCH3 is 1. The van der Waals surface area contributed by atoms with Crippen LogP contribution in [0.15, 0.2) is 60.8 Å². The largest absolute Gasteiger partial charge is 0.387 e. The van der Waals surface area contributed by atoms with Crippen molar-refractivity contribution in [2.45, 2.75) is 97.0 Å². The summed E-state index contributed by atoms with van der Waals surface area (Å²) in [5.41, 5.74) is 7.85. The molecule has 1 aromatic heterocycles. The fraction of sp³-hybridized carbons (Fsp3) is 0.524. The van der Waals surface area contributed by atoms with Crippen LogP contribution in [0.4, 0.5) is 8.78 Å². The van der Waals surface area contributed by atoms with Gasteiger partial charge in [-0.3, -0.25) is 19.2 Å². The maximum absolute atomic E-state index is 15.1. The van der Waals surface area contributed by atoms with Crippen LogP contribution in [-0.4, -0.2) is 89.7 Å².